The number of carbonyl (C=O) groups is 2. The molecule has 0 radical (unpaired) electrons. The molecule has 0 aliphatic rings. The van der Waals surface area contributed by atoms with Gasteiger partial charge in [-0.1, -0.05) is 24.3 Å². The number of aryl methyl sites for hydroxylation is 1. The van der Waals surface area contributed by atoms with Gasteiger partial charge in [0.05, 0.1) is 0 Å². The van der Waals surface area contributed by atoms with Crippen LogP contribution in [0.3, 0.4) is 0 Å². The number of nitrogens with zero attached hydrogens (tertiary/aromatic N) is 1. The van der Waals surface area contributed by atoms with Crippen molar-refractivity contribution >= 4 is 39.8 Å². The molecule has 3 aromatic carbocycles. The highest BCUT2D eigenvalue weighted by Gasteiger charge is 2.14. The average Bonchev–Trinajstić information content (AvgIpc) is 2.77. The fraction of sp³-hybridized carbons (Fsp3) is 0.0417. The Hall–Kier alpha value is -4.26. The van der Waals surface area contributed by atoms with Crippen molar-refractivity contribution in [3.05, 3.63) is 96.1 Å². The zero-order valence-electron chi connectivity index (χ0n) is 16.6. The largest absolute Gasteiger partial charge is 0.323 e. The van der Waals surface area contributed by atoms with E-state index in [1.165, 1.54) is 24.5 Å². The van der Waals surface area contributed by atoms with E-state index in [1.807, 2.05) is 25.1 Å². The van der Waals surface area contributed by atoms with Gasteiger partial charge in [0.2, 0.25) is 0 Å². The first-order valence-corrected chi connectivity index (χ1v) is 9.58. The van der Waals surface area contributed by atoms with Gasteiger partial charge in [-0.05, 0) is 55.0 Å². The van der Waals surface area contributed by atoms with Crippen molar-refractivity contribution in [1.82, 2.24) is 4.98 Å². The minimum atomic E-state index is -0.438. The third-order valence-electron chi connectivity index (χ3n) is 4.78. The Morgan fingerprint density at radius 1 is 0.839 bits per heavy atom. The number of fused-ring (bicyclic) bond motifs is 1. The molecular formula is C24H19FN4O2. The number of rotatable bonds is 4. The van der Waals surface area contributed by atoms with E-state index in [1.54, 1.807) is 36.4 Å². The van der Waals surface area contributed by atoms with Crippen molar-refractivity contribution in [2.75, 3.05) is 16.0 Å². The number of pyridine rings is 1. The molecule has 4 aromatic rings. The predicted molar refractivity (Wildman–Crippen MR) is 120 cm³/mol. The highest BCUT2D eigenvalue weighted by Crippen LogP contribution is 2.25. The summed E-state index contributed by atoms with van der Waals surface area (Å²) in [6.45, 7) is 1.84. The Morgan fingerprint density at radius 3 is 2.42 bits per heavy atom. The highest BCUT2D eigenvalue weighted by atomic mass is 19.1. The number of aromatic nitrogens is 1. The summed E-state index contributed by atoms with van der Waals surface area (Å²) in [7, 11) is 0. The van der Waals surface area contributed by atoms with Gasteiger partial charge in [-0.3, -0.25) is 9.78 Å². The lowest BCUT2D eigenvalue weighted by Gasteiger charge is -2.13. The third-order valence-corrected chi connectivity index (χ3v) is 4.78. The zero-order chi connectivity index (χ0) is 21.8. The first-order chi connectivity index (χ1) is 15.0. The molecule has 0 fully saturated rings. The maximum absolute atomic E-state index is 14.0. The number of anilines is 3. The molecule has 6 nitrogen and oxygen atoms in total. The summed E-state index contributed by atoms with van der Waals surface area (Å²) in [4.78, 5) is 29.1. The van der Waals surface area contributed by atoms with E-state index < -0.39 is 11.8 Å². The molecule has 0 bridgehead atoms. The van der Waals surface area contributed by atoms with E-state index in [4.69, 9.17) is 0 Å². The third kappa shape index (κ3) is 4.51. The minimum Gasteiger partial charge on any atom is -0.322 e. The van der Waals surface area contributed by atoms with Crippen LogP contribution >= 0.6 is 0 Å². The van der Waals surface area contributed by atoms with E-state index in [9.17, 15) is 14.0 Å². The van der Waals surface area contributed by atoms with E-state index in [0.29, 0.717) is 28.0 Å². The topological polar surface area (TPSA) is 83.1 Å². The van der Waals surface area contributed by atoms with Gasteiger partial charge in [0, 0.05) is 45.8 Å². The van der Waals surface area contributed by atoms with E-state index >= 15 is 0 Å². The fourth-order valence-corrected chi connectivity index (χ4v) is 3.19. The smallest absolute Gasteiger partial charge is 0.322 e. The van der Waals surface area contributed by atoms with Crippen LogP contribution in [-0.4, -0.2) is 16.9 Å². The maximum atomic E-state index is 14.0. The molecule has 0 saturated heterocycles. The number of benzene rings is 3. The highest BCUT2D eigenvalue weighted by molar-refractivity contribution is 6.13. The molecule has 0 aliphatic heterocycles. The summed E-state index contributed by atoms with van der Waals surface area (Å²) in [6, 6.07) is 18.2. The normalized spacial score (nSPS) is 10.5. The molecule has 31 heavy (non-hydrogen) atoms. The summed E-state index contributed by atoms with van der Waals surface area (Å²) in [6.07, 6.45) is 2.91. The molecule has 3 amide bonds. The lowest BCUT2D eigenvalue weighted by atomic mass is 10.0. The number of hydrogen-bond donors (Lipinski definition) is 3. The minimum absolute atomic E-state index is 0.278. The Morgan fingerprint density at radius 2 is 1.61 bits per heavy atom. The number of halogens is 1. The van der Waals surface area contributed by atoms with E-state index in [0.717, 1.165) is 5.56 Å². The van der Waals surface area contributed by atoms with Crippen molar-refractivity contribution in [1.29, 1.82) is 0 Å². The monoisotopic (exact) mass is 414 g/mol. The van der Waals surface area contributed by atoms with Gasteiger partial charge >= 0.3 is 6.03 Å². The molecule has 0 atom stereocenters. The van der Waals surface area contributed by atoms with Crippen LogP contribution in [-0.2, 0) is 0 Å². The molecule has 0 saturated carbocycles. The van der Waals surface area contributed by atoms with Crippen molar-refractivity contribution in [3.8, 4) is 0 Å². The predicted octanol–water partition coefficient (Wildman–Crippen LogP) is 5.58. The van der Waals surface area contributed by atoms with Crippen LogP contribution in [0, 0.1) is 12.7 Å². The van der Waals surface area contributed by atoms with Crippen LogP contribution in [0.4, 0.5) is 26.2 Å². The molecule has 7 heteroatoms. The molecule has 0 unspecified atom stereocenters. The van der Waals surface area contributed by atoms with E-state index in [2.05, 4.69) is 20.9 Å². The van der Waals surface area contributed by atoms with Crippen molar-refractivity contribution in [2.24, 2.45) is 0 Å². The summed E-state index contributed by atoms with van der Waals surface area (Å²) in [5, 5.41) is 9.09. The first-order valence-electron chi connectivity index (χ1n) is 9.58. The van der Waals surface area contributed by atoms with Crippen molar-refractivity contribution in [3.63, 3.8) is 0 Å². The number of para-hydroxylation sites is 1. The molecule has 0 aliphatic carbocycles. The maximum Gasteiger partial charge on any atom is 0.323 e. The summed E-state index contributed by atoms with van der Waals surface area (Å²) in [5.74, 6) is -0.823. The number of nitrogens with one attached hydrogen (secondary N) is 3. The Labute approximate surface area is 178 Å². The van der Waals surface area contributed by atoms with Gasteiger partial charge in [0.1, 0.15) is 5.82 Å². The number of urea groups is 1. The van der Waals surface area contributed by atoms with Crippen LogP contribution in [0.2, 0.25) is 0 Å². The quantitative estimate of drug-likeness (QED) is 0.408. The zero-order valence-corrected chi connectivity index (χ0v) is 16.6. The van der Waals surface area contributed by atoms with Gasteiger partial charge in [-0.15, -0.1) is 0 Å². The van der Waals surface area contributed by atoms with Gasteiger partial charge in [-0.2, -0.15) is 0 Å². The second-order valence-electron chi connectivity index (χ2n) is 6.95. The molecule has 1 heterocycles. The lowest BCUT2D eigenvalue weighted by molar-refractivity contribution is 0.102. The summed E-state index contributed by atoms with van der Waals surface area (Å²) >= 11 is 0. The van der Waals surface area contributed by atoms with Crippen LogP contribution in [0.25, 0.3) is 10.8 Å². The Bertz CT molecular complexity index is 1280. The lowest BCUT2D eigenvalue weighted by Crippen LogP contribution is -2.19. The second kappa shape index (κ2) is 8.62. The van der Waals surface area contributed by atoms with Gasteiger partial charge < -0.3 is 16.0 Å². The molecular weight excluding hydrogens is 395 g/mol. The second-order valence-corrected chi connectivity index (χ2v) is 6.95. The van der Waals surface area contributed by atoms with E-state index in [-0.39, 0.29) is 11.3 Å². The van der Waals surface area contributed by atoms with Crippen molar-refractivity contribution in [2.45, 2.75) is 6.92 Å². The Kier molecular flexibility index (Phi) is 5.57. The molecule has 1 aromatic heterocycles. The standard InChI is InChI=1S/C24H19FN4O2/c1-15-7-8-17(28-24(31)27-16-5-3-2-4-6-16)13-22(15)29-23(30)19-9-10-21(25)20-14-26-12-11-18(19)20/h2-14H,1H3,(H,29,30)(H2,27,28,31). The average molecular weight is 414 g/mol. The Balaban J connectivity index is 1.53. The molecule has 3 N–H and O–H groups in total. The van der Waals surface area contributed by atoms with Gasteiger partial charge in [0.25, 0.3) is 5.91 Å². The van der Waals surface area contributed by atoms with Crippen LogP contribution in [0.15, 0.2) is 79.1 Å². The van der Waals surface area contributed by atoms with Gasteiger partial charge in [-0.25, -0.2) is 9.18 Å². The molecule has 4 rings (SSSR count). The molecule has 154 valence electrons. The van der Waals surface area contributed by atoms with Crippen LogP contribution in [0.1, 0.15) is 15.9 Å². The number of amides is 3. The van der Waals surface area contributed by atoms with Crippen LogP contribution in [0.5, 0.6) is 0 Å². The SMILES string of the molecule is Cc1ccc(NC(=O)Nc2ccccc2)cc1NC(=O)c1ccc(F)c2cnccc12. The first kappa shape index (κ1) is 20.0. The number of hydrogen-bond acceptors (Lipinski definition) is 3. The van der Waals surface area contributed by atoms with Crippen molar-refractivity contribution < 1.29 is 14.0 Å². The summed E-state index contributed by atoms with van der Waals surface area (Å²) < 4.78 is 14.0. The van der Waals surface area contributed by atoms with Gasteiger partial charge in [0.15, 0.2) is 0 Å². The summed E-state index contributed by atoms with van der Waals surface area (Å²) in [5.41, 5.74) is 2.86. The number of carbonyl (C=O) groups excluding carboxylic acids is 2. The fourth-order valence-electron chi connectivity index (χ4n) is 3.19. The molecule has 0 spiro atoms. The van der Waals surface area contributed by atoms with Crippen LogP contribution < -0.4 is 16.0 Å².